The third kappa shape index (κ3) is 1.21. The van der Waals surface area contributed by atoms with Gasteiger partial charge in [0.1, 0.15) is 5.82 Å². The van der Waals surface area contributed by atoms with Crippen LogP contribution in [0.2, 0.25) is 0 Å². The van der Waals surface area contributed by atoms with Crippen LogP contribution >= 0.6 is 0 Å². The number of benzene rings is 1. The molecule has 2 aromatic rings. The number of rotatable bonds is 1. The monoisotopic (exact) mass is 191 g/mol. The van der Waals surface area contributed by atoms with Gasteiger partial charge in [-0.05, 0) is 12.1 Å². The molecule has 0 spiro atoms. The number of para-hydroxylation sites is 1. The minimum absolute atomic E-state index is 0.00287. The van der Waals surface area contributed by atoms with Crippen molar-refractivity contribution >= 4 is 17.2 Å². The van der Waals surface area contributed by atoms with Crippen LogP contribution in [-0.2, 0) is 0 Å². The summed E-state index contributed by atoms with van der Waals surface area (Å²) < 4.78 is 13.1. The highest BCUT2D eigenvalue weighted by Crippen LogP contribution is 2.13. The van der Waals surface area contributed by atoms with E-state index in [0.717, 1.165) is 0 Å². The molecule has 3 nitrogen and oxygen atoms in total. The Labute approximate surface area is 78.2 Å². The molecule has 0 unspecified atom stereocenters. The van der Waals surface area contributed by atoms with E-state index in [1.807, 2.05) is 0 Å². The molecule has 0 atom stereocenters. The lowest BCUT2D eigenvalue weighted by Gasteiger charge is -1.98. The number of aromatic nitrogens is 1. The maximum Gasteiger partial charge on any atom is 0.259 e. The molecule has 0 saturated heterocycles. The fourth-order valence-corrected chi connectivity index (χ4v) is 1.30. The van der Waals surface area contributed by atoms with Crippen molar-refractivity contribution in [2.75, 3.05) is 0 Å². The molecule has 0 aliphatic rings. The van der Waals surface area contributed by atoms with Gasteiger partial charge in [0.15, 0.2) is 6.29 Å². The van der Waals surface area contributed by atoms with Crippen LogP contribution in [0.3, 0.4) is 0 Å². The van der Waals surface area contributed by atoms with Gasteiger partial charge in [0.25, 0.3) is 5.56 Å². The van der Waals surface area contributed by atoms with E-state index in [1.165, 1.54) is 18.2 Å². The Morgan fingerprint density at radius 3 is 2.86 bits per heavy atom. The Balaban J connectivity index is 2.93. The van der Waals surface area contributed by atoms with Gasteiger partial charge in [0, 0.05) is 5.39 Å². The van der Waals surface area contributed by atoms with Crippen LogP contribution < -0.4 is 5.56 Å². The Morgan fingerprint density at radius 2 is 2.14 bits per heavy atom. The van der Waals surface area contributed by atoms with Crippen LogP contribution in [0.1, 0.15) is 10.4 Å². The molecule has 0 aliphatic heterocycles. The van der Waals surface area contributed by atoms with Crippen molar-refractivity contribution < 1.29 is 9.18 Å². The number of carbonyl (C=O) groups is 1. The largest absolute Gasteiger partial charge is 0.319 e. The molecule has 1 N–H and O–H groups in total. The number of aromatic amines is 1. The van der Waals surface area contributed by atoms with Crippen molar-refractivity contribution in [2.24, 2.45) is 0 Å². The van der Waals surface area contributed by atoms with E-state index in [1.54, 1.807) is 6.07 Å². The van der Waals surface area contributed by atoms with E-state index in [9.17, 15) is 14.0 Å². The zero-order valence-electron chi connectivity index (χ0n) is 7.08. The van der Waals surface area contributed by atoms with Crippen LogP contribution in [-0.4, -0.2) is 11.3 Å². The standard InChI is InChI=1S/C10H6FNO2/c11-8-3-1-2-6-4-7(5-13)10(14)12-9(6)8/h1-5H,(H,12,14). The number of hydrogen-bond donors (Lipinski definition) is 1. The number of carbonyl (C=O) groups excluding carboxylic acids is 1. The minimum atomic E-state index is -0.572. The summed E-state index contributed by atoms with van der Waals surface area (Å²) in [5, 5.41) is 0.506. The predicted octanol–water partition coefficient (Wildman–Crippen LogP) is 1.48. The van der Waals surface area contributed by atoms with Gasteiger partial charge in [0.2, 0.25) is 0 Å². The van der Waals surface area contributed by atoms with Gasteiger partial charge >= 0.3 is 0 Å². The van der Waals surface area contributed by atoms with Crippen LogP contribution in [0.5, 0.6) is 0 Å². The second kappa shape index (κ2) is 3.06. The van der Waals surface area contributed by atoms with Crippen molar-refractivity contribution in [2.45, 2.75) is 0 Å². The molecule has 0 fully saturated rings. The molecule has 4 heteroatoms. The summed E-state index contributed by atoms with van der Waals surface area (Å²) in [6, 6.07) is 5.76. The van der Waals surface area contributed by atoms with E-state index in [-0.39, 0.29) is 11.1 Å². The first-order chi connectivity index (χ1) is 6.72. The van der Waals surface area contributed by atoms with Crippen LogP contribution in [0.15, 0.2) is 29.1 Å². The predicted molar refractivity (Wildman–Crippen MR) is 49.9 cm³/mol. The number of pyridine rings is 1. The highest BCUT2D eigenvalue weighted by molar-refractivity contribution is 5.85. The lowest BCUT2D eigenvalue weighted by molar-refractivity contribution is 0.112. The molecule has 1 heterocycles. The topological polar surface area (TPSA) is 49.9 Å². The van der Waals surface area contributed by atoms with Gasteiger partial charge in [0.05, 0.1) is 11.1 Å². The molecule has 0 amide bonds. The summed E-state index contributed by atoms with van der Waals surface area (Å²) in [4.78, 5) is 23.9. The van der Waals surface area contributed by atoms with E-state index in [0.29, 0.717) is 11.7 Å². The summed E-state index contributed by atoms with van der Waals surface area (Å²) in [5.74, 6) is -0.503. The molecular weight excluding hydrogens is 185 g/mol. The maximum atomic E-state index is 13.1. The van der Waals surface area contributed by atoms with E-state index in [4.69, 9.17) is 0 Å². The smallest absolute Gasteiger partial charge is 0.259 e. The number of H-pyrrole nitrogens is 1. The van der Waals surface area contributed by atoms with E-state index < -0.39 is 11.4 Å². The average Bonchev–Trinajstić information content (AvgIpc) is 2.19. The SMILES string of the molecule is O=Cc1cc2cccc(F)c2[nH]c1=O. The molecule has 0 bridgehead atoms. The first-order valence-electron chi connectivity index (χ1n) is 3.99. The fraction of sp³-hybridized carbons (Fsp3) is 0. The van der Waals surface area contributed by atoms with E-state index in [2.05, 4.69) is 4.98 Å². The molecule has 70 valence electrons. The summed E-state index contributed by atoms with van der Waals surface area (Å²) in [5.41, 5.74) is -0.441. The van der Waals surface area contributed by atoms with Gasteiger partial charge in [-0.15, -0.1) is 0 Å². The van der Waals surface area contributed by atoms with Gasteiger partial charge < -0.3 is 4.98 Å². The summed E-state index contributed by atoms with van der Waals surface area (Å²) in [7, 11) is 0. The second-order valence-corrected chi connectivity index (χ2v) is 2.88. The number of fused-ring (bicyclic) bond motifs is 1. The van der Waals surface area contributed by atoms with Gasteiger partial charge in [-0.25, -0.2) is 4.39 Å². The van der Waals surface area contributed by atoms with Crippen molar-refractivity contribution in [3.8, 4) is 0 Å². The number of aldehydes is 1. The van der Waals surface area contributed by atoms with Gasteiger partial charge in [-0.2, -0.15) is 0 Å². The van der Waals surface area contributed by atoms with Gasteiger partial charge in [-0.1, -0.05) is 12.1 Å². The number of halogens is 1. The number of hydrogen-bond acceptors (Lipinski definition) is 2. The van der Waals surface area contributed by atoms with Crippen molar-refractivity contribution in [1.82, 2.24) is 4.98 Å². The zero-order chi connectivity index (χ0) is 10.1. The Morgan fingerprint density at radius 1 is 1.36 bits per heavy atom. The molecule has 0 aliphatic carbocycles. The first kappa shape index (κ1) is 8.62. The highest BCUT2D eigenvalue weighted by Gasteiger charge is 2.04. The Hall–Kier alpha value is -1.97. The van der Waals surface area contributed by atoms with Gasteiger partial charge in [-0.3, -0.25) is 9.59 Å². The van der Waals surface area contributed by atoms with Crippen LogP contribution in [0, 0.1) is 5.82 Å². The Bertz CT molecular complexity index is 560. The summed E-state index contributed by atoms with van der Waals surface area (Å²) in [6.45, 7) is 0. The normalized spacial score (nSPS) is 10.4. The molecule has 2 rings (SSSR count). The van der Waals surface area contributed by atoms with Crippen molar-refractivity contribution in [3.05, 3.63) is 46.0 Å². The molecule has 1 aromatic carbocycles. The lowest BCUT2D eigenvalue weighted by atomic mass is 10.1. The van der Waals surface area contributed by atoms with Crippen molar-refractivity contribution in [1.29, 1.82) is 0 Å². The Kier molecular flexibility index (Phi) is 1.89. The zero-order valence-corrected chi connectivity index (χ0v) is 7.08. The molecule has 0 saturated carbocycles. The average molecular weight is 191 g/mol. The molecule has 14 heavy (non-hydrogen) atoms. The van der Waals surface area contributed by atoms with E-state index >= 15 is 0 Å². The van der Waals surface area contributed by atoms with Crippen LogP contribution in [0.25, 0.3) is 10.9 Å². The first-order valence-corrected chi connectivity index (χ1v) is 3.99. The summed E-state index contributed by atoms with van der Waals surface area (Å²) in [6.07, 6.45) is 0.448. The fourth-order valence-electron chi connectivity index (χ4n) is 1.30. The summed E-state index contributed by atoms with van der Waals surface area (Å²) >= 11 is 0. The third-order valence-corrected chi connectivity index (χ3v) is 1.98. The molecule has 0 radical (unpaired) electrons. The van der Waals surface area contributed by atoms with Crippen LogP contribution in [0.4, 0.5) is 4.39 Å². The van der Waals surface area contributed by atoms with Crippen molar-refractivity contribution in [3.63, 3.8) is 0 Å². The number of nitrogens with one attached hydrogen (secondary N) is 1. The molecule has 1 aromatic heterocycles. The third-order valence-electron chi connectivity index (χ3n) is 1.98. The quantitative estimate of drug-likeness (QED) is 0.694. The highest BCUT2D eigenvalue weighted by atomic mass is 19.1. The maximum absolute atomic E-state index is 13.1. The lowest BCUT2D eigenvalue weighted by Crippen LogP contribution is -2.11. The molecular formula is C10H6FNO2. The minimum Gasteiger partial charge on any atom is -0.319 e. The second-order valence-electron chi connectivity index (χ2n) is 2.88.